The third-order valence-electron chi connectivity index (χ3n) is 2.65. The predicted molar refractivity (Wildman–Crippen MR) is 71.9 cm³/mol. The SMILES string of the molecule is Cc1nc(C)c(CNS(=O)(=O)Cc2ccccc2)o1. The molecule has 0 fully saturated rings. The van der Waals surface area contributed by atoms with E-state index in [0.717, 1.165) is 5.56 Å². The van der Waals surface area contributed by atoms with Crippen LogP contribution >= 0.6 is 0 Å². The fourth-order valence-electron chi connectivity index (χ4n) is 1.76. The normalized spacial score (nSPS) is 11.7. The lowest BCUT2D eigenvalue weighted by Gasteiger charge is -2.05. The first-order valence-electron chi connectivity index (χ1n) is 5.90. The minimum Gasteiger partial charge on any atom is -0.444 e. The Labute approximate surface area is 112 Å². The summed E-state index contributed by atoms with van der Waals surface area (Å²) in [6, 6.07) is 9.04. The van der Waals surface area contributed by atoms with Crippen molar-refractivity contribution in [1.29, 1.82) is 0 Å². The van der Waals surface area contributed by atoms with Crippen LogP contribution in [0.4, 0.5) is 0 Å². The maximum Gasteiger partial charge on any atom is 0.216 e. The summed E-state index contributed by atoms with van der Waals surface area (Å²) in [5, 5.41) is 0. The highest BCUT2D eigenvalue weighted by molar-refractivity contribution is 7.88. The van der Waals surface area contributed by atoms with Gasteiger partial charge in [-0.2, -0.15) is 0 Å². The molecular formula is C13H16N2O3S. The van der Waals surface area contributed by atoms with Gasteiger partial charge in [-0.3, -0.25) is 0 Å². The molecule has 0 spiro atoms. The average molecular weight is 280 g/mol. The van der Waals surface area contributed by atoms with Gasteiger partial charge in [0.2, 0.25) is 10.0 Å². The molecule has 0 radical (unpaired) electrons. The van der Waals surface area contributed by atoms with Gasteiger partial charge in [0.15, 0.2) is 5.89 Å². The van der Waals surface area contributed by atoms with E-state index in [1.807, 2.05) is 18.2 Å². The van der Waals surface area contributed by atoms with Crippen LogP contribution in [0.1, 0.15) is 22.9 Å². The van der Waals surface area contributed by atoms with Crippen LogP contribution in [-0.2, 0) is 22.3 Å². The van der Waals surface area contributed by atoms with Crippen molar-refractivity contribution in [3.05, 3.63) is 53.2 Å². The Morgan fingerprint density at radius 1 is 1.21 bits per heavy atom. The summed E-state index contributed by atoms with van der Waals surface area (Å²) in [6.07, 6.45) is 0. The second kappa shape index (κ2) is 5.54. The quantitative estimate of drug-likeness (QED) is 0.908. The molecule has 0 bridgehead atoms. The third kappa shape index (κ3) is 3.90. The minimum absolute atomic E-state index is 0.0417. The zero-order chi connectivity index (χ0) is 13.9. The summed E-state index contributed by atoms with van der Waals surface area (Å²) >= 11 is 0. The van der Waals surface area contributed by atoms with Crippen LogP contribution in [0.25, 0.3) is 0 Å². The molecule has 2 rings (SSSR count). The molecule has 0 atom stereocenters. The van der Waals surface area contributed by atoms with Crippen molar-refractivity contribution in [2.75, 3.05) is 0 Å². The number of nitrogens with zero attached hydrogens (tertiary/aromatic N) is 1. The summed E-state index contributed by atoms with van der Waals surface area (Å²) in [7, 11) is -3.38. The Morgan fingerprint density at radius 3 is 2.47 bits per heavy atom. The van der Waals surface area contributed by atoms with Crippen molar-refractivity contribution in [2.24, 2.45) is 0 Å². The molecule has 0 aliphatic rings. The zero-order valence-corrected chi connectivity index (χ0v) is 11.7. The van der Waals surface area contributed by atoms with Crippen LogP contribution in [0.15, 0.2) is 34.7 Å². The number of oxazole rings is 1. The van der Waals surface area contributed by atoms with Gasteiger partial charge in [-0.1, -0.05) is 30.3 Å². The molecule has 0 unspecified atom stereocenters. The molecule has 0 aliphatic carbocycles. The van der Waals surface area contributed by atoms with Crippen LogP contribution in [0, 0.1) is 13.8 Å². The second-order valence-corrected chi connectivity index (χ2v) is 6.11. The van der Waals surface area contributed by atoms with E-state index in [0.29, 0.717) is 17.3 Å². The predicted octanol–water partition coefficient (Wildman–Crippen LogP) is 1.91. The molecule has 19 heavy (non-hydrogen) atoms. The van der Waals surface area contributed by atoms with E-state index < -0.39 is 10.0 Å². The summed E-state index contributed by atoms with van der Waals surface area (Å²) in [5.41, 5.74) is 1.46. The van der Waals surface area contributed by atoms with Crippen LogP contribution in [0.5, 0.6) is 0 Å². The van der Waals surface area contributed by atoms with Gasteiger partial charge in [-0.25, -0.2) is 18.1 Å². The topological polar surface area (TPSA) is 72.2 Å². The number of nitrogens with one attached hydrogen (secondary N) is 1. The van der Waals surface area contributed by atoms with E-state index in [1.165, 1.54) is 0 Å². The summed E-state index contributed by atoms with van der Waals surface area (Å²) in [6.45, 7) is 3.65. The maximum atomic E-state index is 11.9. The highest BCUT2D eigenvalue weighted by atomic mass is 32.2. The number of sulfonamides is 1. The van der Waals surface area contributed by atoms with E-state index in [2.05, 4.69) is 9.71 Å². The van der Waals surface area contributed by atoms with Crippen molar-refractivity contribution < 1.29 is 12.8 Å². The van der Waals surface area contributed by atoms with Gasteiger partial charge in [0.1, 0.15) is 5.76 Å². The monoisotopic (exact) mass is 280 g/mol. The Morgan fingerprint density at radius 2 is 1.89 bits per heavy atom. The zero-order valence-electron chi connectivity index (χ0n) is 10.9. The van der Waals surface area contributed by atoms with Crippen molar-refractivity contribution in [1.82, 2.24) is 9.71 Å². The van der Waals surface area contributed by atoms with Gasteiger partial charge >= 0.3 is 0 Å². The minimum atomic E-state index is -3.38. The van der Waals surface area contributed by atoms with E-state index in [1.54, 1.807) is 26.0 Å². The molecule has 5 nitrogen and oxygen atoms in total. The standard InChI is InChI=1S/C13H16N2O3S/c1-10-13(18-11(2)15-10)8-14-19(16,17)9-12-6-4-3-5-7-12/h3-7,14H,8-9H2,1-2H3. The van der Waals surface area contributed by atoms with Gasteiger partial charge < -0.3 is 4.42 Å². The van der Waals surface area contributed by atoms with Crippen molar-refractivity contribution in [3.63, 3.8) is 0 Å². The molecule has 0 saturated carbocycles. The van der Waals surface area contributed by atoms with E-state index in [4.69, 9.17) is 4.42 Å². The lowest BCUT2D eigenvalue weighted by Crippen LogP contribution is -2.24. The number of hydrogen-bond donors (Lipinski definition) is 1. The largest absolute Gasteiger partial charge is 0.444 e. The van der Waals surface area contributed by atoms with Crippen LogP contribution in [-0.4, -0.2) is 13.4 Å². The van der Waals surface area contributed by atoms with Crippen LogP contribution in [0.3, 0.4) is 0 Å². The molecule has 6 heteroatoms. The van der Waals surface area contributed by atoms with E-state index in [9.17, 15) is 8.42 Å². The van der Waals surface area contributed by atoms with Crippen molar-refractivity contribution in [2.45, 2.75) is 26.1 Å². The Hall–Kier alpha value is -1.66. The first kappa shape index (κ1) is 13.8. The fraction of sp³-hybridized carbons (Fsp3) is 0.308. The van der Waals surface area contributed by atoms with Gasteiger partial charge in [0.25, 0.3) is 0 Å². The molecule has 0 aliphatic heterocycles. The van der Waals surface area contributed by atoms with Gasteiger partial charge in [0.05, 0.1) is 18.0 Å². The molecule has 1 aromatic carbocycles. The van der Waals surface area contributed by atoms with Crippen molar-refractivity contribution in [3.8, 4) is 0 Å². The Kier molecular flexibility index (Phi) is 4.01. The number of rotatable bonds is 5. The van der Waals surface area contributed by atoms with Gasteiger partial charge in [0, 0.05) is 6.92 Å². The first-order chi connectivity index (χ1) is 8.96. The highest BCUT2D eigenvalue weighted by Gasteiger charge is 2.14. The van der Waals surface area contributed by atoms with Crippen molar-refractivity contribution >= 4 is 10.0 Å². The lowest BCUT2D eigenvalue weighted by atomic mass is 10.2. The molecule has 0 amide bonds. The van der Waals surface area contributed by atoms with E-state index in [-0.39, 0.29) is 12.3 Å². The lowest BCUT2D eigenvalue weighted by molar-refractivity contribution is 0.466. The maximum absolute atomic E-state index is 11.9. The fourth-order valence-corrected chi connectivity index (χ4v) is 2.84. The summed E-state index contributed by atoms with van der Waals surface area (Å²) < 4.78 is 31.7. The molecule has 1 heterocycles. The van der Waals surface area contributed by atoms with E-state index >= 15 is 0 Å². The first-order valence-corrected chi connectivity index (χ1v) is 7.56. The number of hydrogen-bond acceptors (Lipinski definition) is 4. The van der Waals surface area contributed by atoms with Gasteiger partial charge in [-0.05, 0) is 12.5 Å². The Balaban J connectivity index is 2.00. The van der Waals surface area contributed by atoms with Gasteiger partial charge in [-0.15, -0.1) is 0 Å². The molecule has 1 N–H and O–H groups in total. The number of aromatic nitrogens is 1. The number of benzene rings is 1. The number of aryl methyl sites for hydroxylation is 2. The molecule has 1 aromatic heterocycles. The summed E-state index contributed by atoms with van der Waals surface area (Å²) in [5.74, 6) is 1.05. The second-order valence-electron chi connectivity index (χ2n) is 4.31. The molecular weight excluding hydrogens is 264 g/mol. The summed E-state index contributed by atoms with van der Waals surface area (Å²) in [4.78, 5) is 4.09. The van der Waals surface area contributed by atoms with Crippen LogP contribution < -0.4 is 4.72 Å². The highest BCUT2D eigenvalue weighted by Crippen LogP contribution is 2.10. The smallest absolute Gasteiger partial charge is 0.216 e. The average Bonchev–Trinajstić information content (AvgIpc) is 2.66. The molecule has 102 valence electrons. The molecule has 0 saturated heterocycles. The van der Waals surface area contributed by atoms with Crippen LogP contribution in [0.2, 0.25) is 0 Å². The third-order valence-corrected chi connectivity index (χ3v) is 3.95. The Bertz CT molecular complexity index is 648. The molecule has 2 aromatic rings.